The van der Waals surface area contributed by atoms with Gasteiger partial charge in [-0.25, -0.2) is 0 Å². The summed E-state index contributed by atoms with van der Waals surface area (Å²) in [4.78, 5) is 13.8. The van der Waals surface area contributed by atoms with Gasteiger partial charge in [-0.15, -0.1) is 0 Å². The van der Waals surface area contributed by atoms with Crippen LogP contribution in [0.15, 0.2) is 28.7 Å². The Morgan fingerprint density at radius 1 is 1.32 bits per heavy atom. The normalized spacial score (nSPS) is 18.5. The minimum atomic E-state index is -0.0982. The Morgan fingerprint density at radius 3 is 2.68 bits per heavy atom. The van der Waals surface area contributed by atoms with E-state index in [-0.39, 0.29) is 5.41 Å². The molecule has 104 valence electrons. The molecule has 0 spiro atoms. The third-order valence-electron chi connectivity index (χ3n) is 4.03. The summed E-state index contributed by atoms with van der Waals surface area (Å²) < 4.78 is 1.11. The topological polar surface area (TPSA) is 20.3 Å². The standard InChI is InChI=1S/C16H22BrNO/c1-18(11-14-6-5-7-15(17)10-14)12-16(13-19)8-3-2-4-9-16/h5-7,10,13H,2-4,8-9,11-12H2,1H3. The third-order valence-corrected chi connectivity index (χ3v) is 4.52. The first-order chi connectivity index (χ1) is 9.13. The van der Waals surface area contributed by atoms with E-state index < -0.39 is 0 Å². The van der Waals surface area contributed by atoms with Crippen LogP contribution in [0.25, 0.3) is 0 Å². The maximum absolute atomic E-state index is 11.5. The summed E-state index contributed by atoms with van der Waals surface area (Å²) in [5, 5.41) is 0. The molecule has 1 fully saturated rings. The first-order valence-corrected chi connectivity index (χ1v) is 7.82. The molecule has 0 radical (unpaired) electrons. The molecule has 2 nitrogen and oxygen atoms in total. The Morgan fingerprint density at radius 2 is 2.05 bits per heavy atom. The maximum Gasteiger partial charge on any atom is 0.127 e. The number of hydrogen-bond donors (Lipinski definition) is 0. The van der Waals surface area contributed by atoms with Crippen molar-refractivity contribution in [1.29, 1.82) is 0 Å². The quantitative estimate of drug-likeness (QED) is 0.762. The number of hydrogen-bond acceptors (Lipinski definition) is 2. The van der Waals surface area contributed by atoms with Crippen molar-refractivity contribution in [2.45, 2.75) is 38.6 Å². The van der Waals surface area contributed by atoms with Gasteiger partial charge in [-0.2, -0.15) is 0 Å². The van der Waals surface area contributed by atoms with Gasteiger partial charge in [0, 0.05) is 23.0 Å². The highest BCUT2D eigenvalue weighted by atomic mass is 79.9. The molecule has 1 saturated carbocycles. The molecule has 0 aromatic heterocycles. The number of aldehydes is 1. The van der Waals surface area contributed by atoms with Gasteiger partial charge in [-0.1, -0.05) is 47.3 Å². The lowest BCUT2D eigenvalue weighted by Crippen LogP contribution is -2.38. The van der Waals surface area contributed by atoms with Crippen LogP contribution in [0.4, 0.5) is 0 Å². The van der Waals surface area contributed by atoms with Gasteiger partial charge in [0.1, 0.15) is 6.29 Å². The van der Waals surface area contributed by atoms with Gasteiger partial charge in [0.2, 0.25) is 0 Å². The van der Waals surface area contributed by atoms with E-state index in [0.717, 1.165) is 30.4 Å². The lowest BCUT2D eigenvalue weighted by atomic mass is 9.75. The van der Waals surface area contributed by atoms with Crippen LogP contribution in [0.5, 0.6) is 0 Å². The molecule has 3 heteroatoms. The van der Waals surface area contributed by atoms with Crippen LogP contribution in [0.3, 0.4) is 0 Å². The molecule has 2 rings (SSSR count). The van der Waals surface area contributed by atoms with Gasteiger partial charge in [-0.05, 0) is 37.6 Å². The van der Waals surface area contributed by atoms with Crippen LogP contribution in [-0.4, -0.2) is 24.8 Å². The molecule has 0 bridgehead atoms. The molecule has 19 heavy (non-hydrogen) atoms. The smallest absolute Gasteiger partial charge is 0.127 e. The highest BCUT2D eigenvalue weighted by Gasteiger charge is 2.32. The number of carbonyl (C=O) groups is 1. The monoisotopic (exact) mass is 323 g/mol. The van der Waals surface area contributed by atoms with Crippen LogP contribution in [0, 0.1) is 5.41 Å². The van der Waals surface area contributed by atoms with E-state index in [1.807, 2.05) is 6.07 Å². The summed E-state index contributed by atoms with van der Waals surface area (Å²) in [5.41, 5.74) is 1.19. The molecule has 1 aromatic rings. The van der Waals surface area contributed by atoms with Crippen molar-refractivity contribution in [2.75, 3.05) is 13.6 Å². The summed E-state index contributed by atoms with van der Waals surface area (Å²) in [6.45, 7) is 1.78. The number of rotatable bonds is 5. The SMILES string of the molecule is CN(Cc1cccc(Br)c1)CC1(C=O)CCCCC1. The van der Waals surface area contributed by atoms with Crippen molar-refractivity contribution < 1.29 is 4.79 Å². The summed E-state index contributed by atoms with van der Waals surface area (Å²) >= 11 is 3.50. The minimum Gasteiger partial charge on any atom is -0.303 e. The summed E-state index contributed by atoms with van der Waals surface area (Å²) in [6, 6.07) is 8.38. The van der Waals surface area contributed by atoms with Gasteiger partial charge in [-0.3, -0.25) is 0 Å². The van der Waals surface area contributed by atoms with Crippen molar-refractivity contribution in [3.63, 3.8) is 0 Å². The molecule has 0 atom stereocenters. The summed E-state index contributed by atoms with van der Waals surface area (Å²) in [7, 11) is 2.11. The van der Waals surface area contributed by atoms with E-state index in [1.165, 1.54) is 31.1 Å². The second kappa shape index (κ2) is 6.67. The lowest BCUT2D eigenvalue weighted by Gasteiger charge is -2.35. The van der Waals surface area contributed by atoms with Crippen LogP contribution >= 0.6 is 15.9 Å². The molecular formula is C16H22BrNO. The van der Waals surface area contributed by atoms with Crippen molar-refractivity contribution >= 4 is 22.2 Å². The Bertz CT molecular complexity index is 427. The number of carbonyl (C=O) groups excluding carboxylic acids is 1. The van der Waals surface area contributed by atoms with Gasteiger partial charge in [0.25, 0.3) is 0 Å². The molecule has 1 aliphatic carbocycles. The van der Waals surface area contributed by atoms with Crippen molar-refractivity contribution in [3.8, 4) is 0 Å². The molecule has 0 N–H and O–H groups in total. The summed E-state index contributed by atoms with van der Waals surface area (Å²) in [6.07, 6.45) is 7.00. The molecule has 0 aliphatic heterocycles. The Labute approximate surface area is 124 Å². The van der Waals surface area contributed by atoms with Crippen LogP contribution < -0.4 is 0 Å². The van der Waals surface area contributed by atoms with Gasteiger partial charge in [0.05, 0.1) is 0 Å². The second-order valence-electron chi connectivity index (χ2n) is 5.84. The van der Waals surface area contributed by atoms with Crippen LogP contribution in [-0.2, 0) is 11.3 Å². The van der Waals surface area contributed by atoms with E-state index >= 15 is 0 Å². The second-order valence-corrected chi connectivity index (χ2v) is 6.76. The Balaban J connectivity index is 1.96. The minimum absolute atomic E-state index is 0.0982. The highest BCUT2D eigenvalue weighted by Crippen LogP contribution is 2.35. The van der Waals surface area contributed by atoms with E-state index in [1.54, 1.807) is 0 Å². The number of halogens is 1. The molecule has 1 aliphatic rings. The Hall–Kier alpha value is -0.670. The lowest BCUT2D eigenvalue weighted by molar-refractivity contribution is -0.119. The number of benzene rings is 1. The van der Waals surface area contributed by atoms with E-state index in [0.29, 0.717) is 0 Å². The average molecular weight is 324 g/mol. The van der Waals surface area contributed by atoms with Crippen molar-refractivity contribution in [3.05, 3.63) is 34.3 Å². The Kier molecular flexibility index (Phi) is 5.17. The predicted octanol–water partition coefficient (Wildman–Crippen LogP) is 4.03. The van der Waals surface area contributed by atoms with Gasteiger partial charge >= 0.3 is 0 Å². The van der Waals surface area contributed by atoms with Crippen molar-refractivity contribution in [2.24, 2.45) is 5.41 Å². The van der Waals surface area contributed by atoms with E-state index in [4.69, 9.17) is 0 Å². The zero-order valence-corrected chi connectivity index (χ0v) is 13.2. The fraction of sp³-hybridized carbons (Fsp3) is 0.562. The average Bonchev–Trinajstić information content (AvgIpc) is 2.39. The van der Waals surface area contributed by atoms with Gasteiger partial charge in [0.15, 0.2) is 0 Å². The van der Waals surface area contributed by atoms with Crippen LogP contribution in [0.1, 0.15) is 37.7 Å². The fourth-order valence-electron chi connectivity index (χ4n) is 3.11. The molecule has 0 heterocycles. The molecule has 0 saturated heterocycles. The summed E-state index contributed by atoms with van der Waals surface area (Å²) in [5.74, 6) is 0. The first kappa shape index (κ1) is 14.7. The van der Waals surface area contributed by atoms with E-state index in [2.05, 4.69) is 46.1 Å². The molecular weight excluding hydrogens is 302 g/mol. The van der Waals surface area contributed by atoms with Crippen molar-refractivity contribution in [1.82, 2.24) is 4.90 Å². The fourth-order valence-corrected chi connectivity index (χ4v) is 3.56. The molecule has 0 amide bonds. The first-order valence-electron chi connectivity index (χ1n) is 7.03. The highest BCUT2D eigenvalue weighted by molar-refractivity contribution is 9.10. The zero-order chi connectivity index (χ0) is 13.7. The molecule has 1 aromatic carbocycles. The predicted molar refractivity (Wildman–Crippen MR) is 82.1 cm³/mol. The van der Waals surface area contributed by atoms with Crippen LogP contribution in [0.2, 0.25) is 0 Å². The zero-order valence-electron chi connectivity index (χ0n) is 11.6. The third kappa shape index (κ3) is 4.15. The molecule has 0 unspecified atom stereocenters. The largest absolute Gasteiger partial charge is 0.303 e. The maximum atomic E-state index is 11.5. The van der Waals surface area contributed by atoms with E-state index in [9.17, 15) is 4.79 Å². The number of nitrogens with zero attached hydrogens (tertiary/aromatic N) is 1. The van der Waals surface area contributed by atoms with Gasteiger partial charge < -0.3 is 9.69 Å².